The molecule has 1 aromatic carbocycles. The molecule has 1 atom stereocenters. The molecule has 7 nitrogen and oxygen atoms in total. The molecule has 7 heteroatoms. The van der Waals surface area contributed by atoms with Crippen LogP contribution in [0.3, 0.4) is 0 Å². The lowest BCUT2D eigenvalue weighted by molar-refractivity contribution is -0.122. The van der Waals surface area contributed by atoms with Gasteiger partial charge < -0.3 is 19.0 Å². The average Bonchev–Trinajstić information content (AvgIpc) is 3.09. The molecule has 0 aliphatic carbocycles. The predicted molar refractivity (Wildman–Crippen MR) is 110 cm³/mol. The van der Waals surface area contributed by atoms with Crippen LogP contribution in [0.5, 0.6) is 5.75 Å². The highest BCUT2D eigenvalue weighted by molar-refractivity contribution is 5.94. The SMILES string of the molecule is CCc1cc(=O)oc2cc(C)cc(OC(C)C(=O)Nc3cnc4n3CCCC4)c12. The first-order chi connectivity index (χ1) is 14.0. The summed E-state index contributed by atoms with van der Waals surface area (Å²) in [5, 5.41) is 3.67. The van der Waals surface area contributed by atoms with E-state index in [1.165, 1.54) is 6.07 Å². The third-order valence-electron chi connectivity index (χ3n) is 5.31. The first kappa shape index (κ1) is 19.2. The molecule has 152 valence electrons. The van der Waals surface area contributed by atoms with Crippen molar-refractivity contribution >= 4 is 22.7 Å². The van der Waals surface area contributed by atoms with Crippen molar-refractivity contribution < 1.29 is 13.9 Å². The van der Waals surface area contributed by atoms with E-state index in [0.717, 1.165) is 48.1 Å². The lowest BCUT2D eigenvalue weighted by atomic mass is 10.0. The Morgan fingerprint density at radius 2 is 2.17 bits per heavy atom. The summed E-state index contributed by atoms with van der Waals surface area (Å²) in [4.78, 5) is 29.0. The van der Waals surface area contributed by atoms with Gasteiger partial charge in [0, 0.05) is 19.0 Å². The van der Waals surface area contributed by atoms with Gasteiger partial charge in [0.25, 0.3) is 5.91 Å². The zero-order valence-corrected chi connectivity index (χ0v) is 16.9. The van der Waals surface area contributed by atoms with Gasteiger partial charge in [-0.1, -0.05) is 6.92 Å². The van der Waals surface area contributed by atoms with Crippen molar-refractivity contribution in [3.05, 3.63) is 51.8 Å². The van der Waals surface area contributed by atoms with Crippen molar-refractivity contribution in [1.82, 2.24) is 9.55 Å². The minimum absolute atomic E-state index is 0.247. The molecular formula is C22H25N3O4. The zero-order chi connectivity index (χ0) is 20.5. The van der Waals surface area contributed by atoms with Crippen LogP contribution in [0.2, 0.25) is 0 Å². The van der Waals surface area contributed by atoms with Gasteiger partial charge in [-0.3, -0.25) is 4.79 Å². The van der Waals surface area contributed by atoms with Gasteiger partial charge in [-0.05, 0) is 56.4 Å². The summed E-state index contributed by atoms with van der Waals surface area (Å²) >= 11 is 0. The van der Waals surface area contributed by atoms with E-state index in [4.69, 9.17) is 9.15 Å². The summed E-state index contributed by atoms with van der Waals surface area (Å²) in [5.74, 6) is 2.00. The molecule has 2 aromatic heterocycles. The Kier molecular flexibility index (Phi) is 5.13. The normalized spacial score (nSPS) is 14.4. The number of anilines is 1. The maximum Gasteiger partial charge on any atom is 0.336 e. The largest absolute Gasteiger partial charge is 0.480 e. The maximum absolute atomic E-state index is 12.8. The number of fused-ring (bicyclic) bond motifs is 2. The maximum atomic E-state index is 12.8. The Morgan fingerprint density at radius 3 is 2.97 bits per heavy atom. The van der Waals surface area contributed by atoms with Gasteiger partial charge >= 0.3 is 5.63 Å². The van der Waals surface area contributed by atoms with Gasteiger partial charge in [-0.2, -0.15) is 0 Å². The molecule has 1 aliphatic rings. The predicted octanol–water partition coefficient (Wildman–Crippen LogP) is 3.60. The topological polar surface area (TPSA) is 86.4 Å². The smallest absolute Gasteiger partial charge is 0.336 e. The van der Waals surface area contributed by atoms with E-state index in [1.807, 2.05) is 26.0 Å². The Labute approximate surface area is 168 Å². The Bertz CT molecular complexity index is 1130. The summed E-state index contributed by atoms with van der Waals surface area (Å²) in [6.07, 6.45) is 4.77. The van der Waals surface area contributed by atoms with E-state index >= 15 is 0 Å². The number of carbonyl (C=O) groups is 1. The van der Waals surface area contributed by atoms with E-state index in [0.29, 0.717) is 23.6 Å². The van der Waals surface area contributed by atoms with Crippen LogP contribution in [0, 0.1) is 6.92 Å². The van der Waals surface area contributed by atoms with Crippen LogP contribution in [-0.2, 0) is 24.2 Å². The minimum Gasteiger partial charge on any atom is -0.480 e. The molecule has 0 saturated heterocycles. The molecule has 3 aromatic rings. The molecule has 0 saturated carbocycles. The van der Waals surface area contributed by atoms with Crippen molar-refractivity contribution in [2.24, 2.45) is 0 Å². The van der Waals surface area contributed by atoms with Crippen LogP contribution in [0.25, 0.3) is 11.0 Å². The summed E-state index contributed by atoms with van der Waals surface area (Å²) in [5.41, 5.74) is 1.81. The third kappa shape index (κ3) is 3.77. The molecule has 0 radical (unpaired) electrons. The van der Waals surface area contributed by atoms with Crippen LogP contribution in [-0.4, -0.2) is 21.6 Å². The fraction of sp³-hybridized carbons (Fsp3) is 0.409. The second-order valence-electron chi connectivity index (χ2n) is 7.50. The molecule has 0 fully saturated rings. The van der Waals surface area contributed by atoms with Crippen LogP contribution in [0.1, 0.15) is 43.6 Å². The van der Waals surface area contributed by atoms with E-state index in [1.54, 1.807) is 13.1 Å². The summed E-state index contributed by atoms with van der Waals surface area (Å²) in [6, 6.07) is 5.16. The number of carbonyl (C=O) groups excluding carboxylic acids is 1. The Morgan fingerprint density at radius 1 is 1.34 bits per heavy atom. The van der Waals surface area contributed by atoms with Crippen molar-refractivity contribution in [2.45, 2.75) is 59.1 Å². The highest BCUT2D eigenvalue weighted by Crippen LogP contribution is 2.31. The number of aryl methyl sites for hydroxylation is 3. The van der Waals surface area contributed by atoms with E-state index < -0.39 is 6.10 Å². The molecule has 1 N–H and O–H groups in total. The highest BCUT2D eigenvalue weighted by Gasteiger charge is 2.21. The second kappa shape index (κ2) is 7.73. The Balaban J connectivity index is 1.60. The molecular weight excluding hydrogens is 370 g/mol. The van der Waals surface area contributed by atoms with Crippen LogP contribution in [0.4, 0.5) is 5.82 Å². The van der Waals surface area contributed by atoms with Crippen molar-refractivity contribution in [1.29, 1.82) is 0 Å². The average molecular weight is 395 g/mol. The molecule has 3 heterocycles. The molecule has 1 aliphatic heterocycles. The first-order valence-electron chi connectivity index (χ1n) is 10.1. The van der Waals surface area contributed by atoms with Crippen LogP contribution < -0.4 is 15.7 Å². The fourth-order valence-electron chi connectivity index (χ4n) is 3.83. The minimum atomic E-state index is -0.730. The lowest BCUT2D eigenvalue weighted by Gasteiger charge is -2.19. The molecule has 29 heavy (non-hydrogen) atoms. The van der Waals surface area contributed by atoms with Crippen LogP contribution in [0.15, 0.2) is 33.6 Å². The number of ether oxygens (including phenoxy) is 1. The molecule has 4 rings (SSSR count). The number of hydrogen-bond acceptors (Lipinski definition) is 5. The van der Waals surface area contributed by atoms with Gasteiger partial charge in [0.1, 0.15) is 23.0 Å². The quantitative estimate of drug-likeness (QED) is 0.667. The van der Waals surface area contributed by atoms with Crippen molar-refractivity contribution in [3.8, 4) is 5.75 Å². The van der Waals surface area contributed by atoms with Gasteiger partial charge in [0.05, 0.1) is 11.6 Å². The number of benzene rings is 1. The zero-order valence-electron chi connectivity index (χ0n) is 16.9. The number of imidazole rings is 1. The van der Waals surface area contributed by atoms with Gasteiger partial charge in [0.2, 0.25) is 0 Å². The Hall–Kier alpha value is -3.09. The fourth-order valence-corrected chi connectivity index (χ4v) is 3.83. The number of amides is 1. The number of aromatic nitrogens is 2. The van der Waals surface area contributed by atoms with Gasteiger partial charge in [-0.15, -0.1) is 0 Å². The van der Waals surface area contributed by atoms with Gasteiger partial charge in [0.15, 0.2) is 6.10 Å². The van der Waals surface area contributed by atoms with E-state index in [9.17, 15) is 9.59 Å². The second-order valence-corrected chi connectivity index (χ2v) is 7.50. The standard InChI is InChI=1S/C22H25N3O4/c1-4-15-11-20(26)29-17-10-13(2)9-16(21(15)17)28-14(3)22(27)24-19-12-23-18-7-5-6-8-25(18)19/h9-12,14H,4-8H2,1-3H3,(H,24,27). The van der Waals surface area contributed by atoms with Crippen molar-refractivity contribution in [3.63, 3.8) is 0 Å². The number of nitrogens with zero attached hydrogens (tertiary/aromatic N) is 2. The monoisotopic (exact) mass is 395 g/mol. The first-order valence-corrected chi connectivity index (χ1v) is 10.1. The highest BCUT2D eigenvalue weighted by atomic mass is 16.5. The lowest BCUT2D eigenvalue weighted by Crippen LogP contribution is -2.31. The van der Waals surface area contributed by atoms with Crippen LogP contribution >= 0.6 is 0 Å². The molecule has 1 unspecified atom stereocenters. The summed E-state index contributed by atoms with van der Waals surface area (Å²) in [7, 11) is 0. The number of nitrogens with one attached hydrogen (secondary N) is 1. The molecule has 1 amide bonds. The number of hydrogen-bond donors (Lipinski definition) is 1. The third-order valence-corrected chi connectivity index (χ3v) is 5.31. The summed E-state index contributed by atoms with van der Waals surface area (Å²) < 4.78 is 13.5. The van der Waals surface area contributed by atoms with E-state index in [-0.39, 0.29) is 11.5 Å². The number of rotatable bonds is 5. The van der Waals surface area contributed by atoms with E-state index in [2.05, 4.69) is 14.9 Å². The summed E-state index contributed by atoms with van der Waals surface area (Å²) in [6.45, 7) is 6.44. The van der Waals surface area contributed by atoms with Gasteiger partial charge in [-0.25, -0.2) is 9.78 Å². The molecule has 0 spiro atoms. The van der Waals surface area contributed by atoms with Crippen molar-refractivity contribution in [2.75, 3.05) is 5.32 Å². The molecule has 0 bridgehead atoms.